The van der Waals surface area contributed by atoms with Gasteiger partial charge in [0.05, 0.1) is 17.1 Å². The molecule has 0 bridgehead atoms. The van der Waals surface area contributed by atoms with Gasteiger partial charge in [-0.05, 0) is 29.9 Å². The van der Waals surface area contributed by atoms with Crippen LogP contribution >= 0.6 is 11.3 Å². The number of hydrogen-bond acceptors (Lipinski definition) is 5. The molecule has 1 aliphatic rings. The summed E-state index contributed by atoms with van der Waals surface area (Å²) in [6.07, 6.45) is 2.80. The summed E-state index contributed by atoms with van der Waals surface area (Å²) in [4.78, 5) is 31.2. The molecule has 7 heteroatoms. The van der Waals surface area contributed by atoms with Crippen LogP contribution in [0.3, 0.4) is 0 Å². The number of nitrogens with zero attached hydrogens (tertiary/aromatic N) is 2. The summed E-state index contributed by atoms with van der Waals surface area (Å²) in [5.41, 5.74) is 1.70. The second-order valence-corrected chi connectivity index (χ2v) is 7.02. The number of aryl methyl sites for hydroxylation is 1. The minimum atomic E-state index is -0.494. The van der Waals surface area contributed by atoms with Crippen LogP contribution in [0, 0.1) is 0 Å². The smallest absolute Gasteiger partial charge is 0.325 e. The predicted molar refractivity (Wildman–Crippen MR) is 97.4 cm³/mol. The first-order valence-corrected chi connectivity index (χ1v) is 9.23. The normalized spacial score (nSPS) is 16.9. The topological polar surface area (TPSA) is 75.4 Å². The van der Waals surface area contributed by atoms with Gasteiger partial charge in [0.25, 0.3) is 5.91 Å². The van der Waals surface area contributed by atoms with Crippen LogP contribution in [-0.4, -0.2) is 27.9 Å². The molecule has 1 unspecified atom stereocenters. The first kappa shape index (κ1) is 16.5. The molecule has 0 radical (unpaired) electrons. The molecule has 1 aliphatic heterocycles. The summed E-state index contributed by atoms with van der Waals surface area (Å²) in [5, 5.41) is 4.70. The molecule has 3 heterocycles. The van der Waals surface area contributed by atoms with E-state index in [2.05, 4.69) is 10.3 Å². The number of urea groups is 1. The van der Waals surface area contributed by atoms with Gasteiger partial charge in [0.2, 0.25) is 5.89 Å². The number of thiophene rings is 1. The number of benzene rings is 1. The minimum absolute atomic E-state index is 0.112. The van der Waals surface area contributed by atoms with Crippen molar-refractivity contribution >= 4 is 23.3 Å². The maximum Gasteiger partial charge on any atom is 0.325 e. The Morgan fingerprint density at radius 1 is 1.15 bits per heavy atom. The third-order valence-electron chi connectivity index (χ3n) is 4.28. The zero-order chi connectivity index (χ0) is 17.9. The van der Waals surface area contributed by atoms with Gasteiger partial charge in [0, 0.05) is 0 Å². The average Bonchev–Trinajstić information content (AvgIpc) is 3.38. The van der Waals surface area contributed by atoms with Crippen LogP contribution < -0.4 is 5.32 Å². The summed E-state index contributed by atoms with van der Waals surface area (Å²) >= 11 is 1.52. The number of nitrogens with one attached hydrogen (secondary N) is 1. The first-order chi connectivity index (χ1) is 12.7. The van der Waals surface area contributed by atoms with Gasteiger partial charge in [0.15, 0.2) is 0 Å². The Labute approximate surface area is 154 Å². The van der Waals surface area contributed by atoms with E-state index in [1.54, 1.807) is 0 Å². The van der Waals surface area contributed by atoms with E-state index in [0.29, 0.717) is 18.0 Å². The van der Waals surface area contributed by atoms with E-state index in [9.17, 15) is 9.59 Å². The van der Waals surface area contributed by atoms with Crippen molar-refractivity contribution in [1.29, 1.82) is 0 Å². The fourth-order valence-corrected chi connectivity index (χ4v) is 3.59. The number of imide groups is 1. The lowest BCUT2D eigenvalue weighted by Gasteiger charge is -2.11. The van der Waals surface area contributed by atoms with Crippen molar-refractivity contribution in [1.82, 2.24) is 15.2 Å². The highest BCUT2D eigenvalue weighted by molar-refractivity contribution is 7.13. The predicted octanol–water partition coefficient (Wildman–Crippen LogP) is 3.46. The van der Waals surface area contributed by atoms with Crippen LogP contribution in [0.25, 0.3) is 10.8 Å². The van der Waals surface area contributed by atoms with E-state index in [1.807, 2.05) is 47.8 Å². The third kappa shape index (κ3) is 3.39. The second kappa shape index (κ2) is 7.13. The quantitative estimate of drug-likeness (QED) is 0.677. The summed E-state index contributed by atoms with van der Waals surface area (Å²) in [7, 11) is 0. The van der Waals surface area contributed by atoms with Gasteiger partial charge in [-0.15, -0.1) is 11.3 Å². The Hall–Kier alpha value is -2.93. The average molecular weight is 367 g/mol. The highest BCUT2D eigenvalue weighted by Crippen LogP contribution is 2.24. The molecule has 1 N–H and O–H groups in total. The van der Waals surface area contributed by atoms with Gasteiger partial charge in [-0.25, -0.2) is 9.78 Å². The van der Waals surface area contributed by atoms with E-state index in [0.717, 1.165) is 16.9 Å². The molecule has 0 spiro atoms. The summed E-state index contributed by atoms with van der Waals surface area (Å²) in [6.45, 7) is 0.112. The lowest BCUT2D eigenvalue weighted by Crippen LogP contribution is -2.31. The van der Waals surface area contributed by atoms with Crippen molar-refractivity contribution in [2.75, 3.05) is 0 Å². The van der Waals surface area contributed by atoms with E-state index < -0.39 is 6.04 Å². The largest absolute Gasteiger partial charge is 0.443 e. The molecule has 132 valence electrons. The van der Waals surface area contributed by atoms with Crippen LogP contribution in [0.1, 0.15) is 17.7 Å². The Morgan fingerprint density at radius 2 is 2.00 bits per heavy atom. The van der Waals surface area contributed by atoms with Gasteiger partial charge in [-0.2, -0.15) is 0 Å². The summed E-state index contributed by atoms with van der Waals surface area (Å²) < 4.78 is 5.45. The lowest BCUT2D eigenvalue weighted by molar-refractivity contribution is -0.128. The van der Waals surface area contributed by atoms with Crippen LogP contribution in [-0.2, 0) is 17.8 Å². The Balaban J connectivity index is 1.39. The molecule has 3 aromatic rings. The standard InChI is InChI=1S/C19H17N3O3S/c23-18-15(9-8-13-5-2-1-3-6-13)21-19(24)22(18)11-14-12-25-17(20-14)16-7-4-10-26-16/h1-7,10,12,15H,8-9,11H2,(H,21,24). The molecule has 26 heavy (non-hydrogen) atoms. The minimum Gasteiger partial charge on any atom is -0.443 e. The van der Waals surface area contributed by atoms with Crippen molar-refractivity contribution in [2.45, 2.75) is 25.4 Å². The highest BCUT2D eigenvalue weighted by Gasteiger charge is 2.37. The van der Waals surface area contributed by atoms with Gasteiger partial charge >= 0.3 is 6.03 Å². The number of rotatable bonds is 6. The maximum absolute atomic E-state index is 12.6. The van der Waals surface area contributed by atoms with Crippen LogP contribution in [0.15, 0.2) is 58.5 Å². The molecule has 0 saturated carbocycles. The van der Waals surface area contributed by atoms with Gasteiger partial charge in [-0.3, -0.25) is 9.69 Å². The highest BCUT2D eigenvalue weighted by atomic mass is 32.1. The zero-order valence-electron chi connectivity index (χ0n) is 13.9. The van der Waals surface area contributed by atoms with E-state index in [1.165, 1.54) is 22.5 Å². The van der Waals surface area contributed by atoms with Gasteiger partial charge in [0.1, 0.15) is 12.3 Å². The molecule has 0 aliphatic carbocycles. The summed E-state index contributed by atoms with van der Waals surface area (Å²) in [6, 6.07) is 12.9. The van der Waals surface area contributed by atoms with E-state index in [4.69, 9.17) is 4.42 Å². The third-order valence-corrected chi connectivity index (χ3v) is 5.13. The number of aromatic nitrogens is 1. The molecular formula is C19H17N3O3S. The van der Waals surface area contributed by atoms with Crippen molar-refractivity contribution < 1.29 is 14.0 Å². The van der Waals surface area contributed by atoms with E-state index >= 15 is 0 Å². The van der Waals surface area contributed by atoms with Crippen molar-refractivity contribution in [3.63, 3.8) is 0 Å². The molecule has 1 atom stereocenters. The Bertz CT molecular complexity index is 905. The number of carbonyl (C=O) groups is 2. The molecule has 1 aromatic carbocycles. The molecule has 6 nitrogen and oxygen atoms in total. The molecular weight excluding hydrogens is 350 g/mol. The Kier molecular flexibility index (Phi) is 4.53. The van der Waals surface area contributed by atoms with Crippen molar-refractivity contribution in [2.24, 2.45) is 0 Å². The SMILES string of the molecule is O=C1NC(CCc2ccccc2)C(=O)N1Cc1coc(-c2cccs2)n1. The number of hydrogen-bond donors (Lipinski definition) is 1. The number of amides is 3. The van der Waals surface area contributed by atoms with Gasteiger partial charge in [-0.1, -0.05) is 36.4 Å². The van der Waals surface area contributed by atoms with Crippen molar-refractivity contribution in [3.05, 3.63) is 65.4 Å². The van der Waals surface area contributed by atoms with E-state index in [-0.39, 0.29) is 18.5 Å². The van der Waals surface area contributed by atoms with Gasteiger partial charge < -0.3 is 9.73 Å². The fourth-order valence-electron chi connectivity index (χ4n) is 2.93. The summed E-state index contributed by atoms with van der Waals surface area (Å²) in [5.74, 6) is 0.286. The van der Waals surface area contributed by atoms with Crippen LogP contribution in [0.2, 0.25) is 0 Å². The molecule has 1 fully saturated rings. The lowest BCUT2D eigenvalue weighted by atomic mass is 10.1. The number of oxazole rings is 1. The maximum atomic E-state index is 12.6. The first-order valence-electron chi connectivity index (χ1n) is 8.35. The fraction of sp³-hybridized carbons (Fsp3) is 0.211. The second-order valence-electron chi connectivity index (χ2n) is 6.07. The number of carbonyl (C=O) groups excluding carboxylic acids is 2. The van der Waals surface area contributed by atoms with Crippen LogP contribution in [0.5, 0.6) is 0 Å². The van der Waals surface area contributed by atoms with Crippen LogP contribution in [0.4, 0.5) is 4.79 Å². The molecule has 3 amide bonds. The Morgan fingerprint density at radius 3 is 2.77 bits per heavy atom. The molecule has 1 saturated heterocycles. The zero-order valence-corrected chi connectivity index (χ0v) is 14.7. The monoisotopic (exact) mass is 367 g/mol. The molecule has 2 aromatic heterocycles. The molecule has 4 rings (SSSR count). The van der Waals surface area contributed by atoms with Crippen molar-refractivity contribution in [3.8, 4) is 10.8 Å².